The van der Waals surface area contributed by atoms with Gasteiger partial charge in [-0.1, -0.05) is 13.8 Å². The second kappa shape index (κ2) is 4.23. The summed E-state index contributed by atoms with van der Waals surface area (Å²) in [5.41, 5.74) is 5.80. The normalized spacial score (nSPS) is 11.8. The monoisotopic (exact) mass is 214 g/mol. The predicted molar refractivity (Wildman–Crippen MR) is 60.8 cm³/mol. The molecule has 0 saturated carbocycles. The van der Waals surface area contributed by atoms with E-state index in [1.54, 1.807) is 0 Å². The fraction of sp³-hybridized carbons (Fsp3) is 0.778. The van der Waals surface area contributed by atoms with Crippen molar-refractivity contribution in [2.24, 2.45) is 11.1 Å². The van der Waals surface area contributed by atoms with Crippen LogP contribution in [0.3, 0.4) is 0 Å². The van der Waals surface area contributed by atoms with Gasteiger partial charge in [-0.15, -0.1) is 0 Å². The van der Waals surface area contributed by atoms with Gasteiger partial charge in [0.2, 0.25) is 5.13 Å². The van der Waals surface area contributed by atoms with Gasteiger partial charge >= 0.3 is 0 Å². The van der Waals surface area contributed by atoms with E-state index in [1.165, 1.54) is 11.5 Å². The van der Waals surface area contributed by atoms with Crippen molar-refractivity contribution in [2.75, 3.05) is 25.0 Å². The third-order valence-electron chi connectivity index (χ3n) is 2.06. The second-order valence-electron chi connectivity index (χ2n) is 4.35. The number of hydrogen-bond acceptors (Lipinski definition) is 5. The Hall–Kier alpha value is -0.680. The average Bonchev–Trinajstić information content (AvgIpc) is 2.51. The lowest BCUT2D eigenvalue weighted by Crippen LogP contribution is -2.36. The molecule has 0 aliphatic carbocycles. The van der Waals surface area contributed by atoms with Crippen molar-refractivity contribution in [3.8, 4) is 0 Å². The molecule has 1 aromatic rings. The zero-order valence-electron chi connectivity index (χ0n) is 9.24. The fourth-order valence-corrected chi connectivity index (χ4v) is 1.85. The summed E-state index contributed by atoms with van der Waals surface area (Å²) in [6, 6.07) is 0. The highest BCUT2D eigenvalue weighted by Gasteiger charge is 2.19. The van der Waals surface area contributed by atoms with Crippen LogP contribution >= 0.6 is 11.5 Å². The van der Waals surface area contributed by atoms with Crippen LogP contribution in [-0.4, -0.2) is 29.5 Å². The first-order valence-electron chi connectivity index (χ1n) is 4.66. The first-order chi connectivity index (χ1) is 6.44. The van der Waals surface area contributed by atoms with Gasteiger partial charge in [-0.3, -0.25) is 0 Å². The van der Waals surface area contributed by atoms with Crippen LogP contribution < -0.4 is 10.6 Å². The van der Waals surface area contributed by atoms with E-state index in [9.17, 15) is 0 Å². The van der Waals surface area contributed by atoms with Crippen LogP contribution in [0.5, 0.6) is 0 Å². The Labute approximate surface area is 89.3 Å². The summed E-state index contributed by atoms with van der Waals surface area (Å²) >= 11 is 1.43. The summed E-state index contributed by atoms with van der Waals surface area (Å²) in [6.07, 6.45) is 0. The molecule has 0 aromatic carbocycles. The Kier molecular flexibility index (Phi) is 3.44. The van der Waals surface area contributed by atoms with Gasteiger partial charge in [0.25, 0.3) is 0 Å². The number of hydrogen-bond donors (Lipinski definition) is 1. The van der Waals surface area contributed by atoms with Crippen LogP contribution in [0.25, 0.3) is 0 Å². The zero-order valence-corrected chi connectivity index (χ0v) is 10.1. The molecule has 4 nitrogen and oxygen atoms in total. The smallest absolute Gasteiger partial charge is 0.204 e. The van der Waals surface area contributed by atoms with Crippen LogP contribution in [0.1, 0.15) is 19.7 Å². The molecule has 0 atom stereocenters. The fourth-order valence-electron chi connectivity index (χ4n) is 1.22. The van der Waals surface area contributed by atoms with Gasteiger partial charge in [-0.25, -0.2) is 4.98 Å². The Balaban J connectivity index is 2.63. The molecule has 80 valence electrons. The first-order valence-corrected chi connectivity index (χ1v) is 5.43. The van der Waals surface area contributed by atoms with Gasteiger partial charge < -0.3 is 10.6 Å². The van der Waals surface area contributed by atoms with Crippen molar-refractivity contribution < 1.29 is 0 Å². The van der Waals surface area contributed by atoms with Crippen molar-refractivity contribution in [3.05, 3.63) is 5.82 Å². The van der Waals surface area contributed by atoms with Crippen LogP contribution in [0.15, 0.2) is 0 Å². The zero-order chi connectivity index (χ0) is 10.8. The maximum Gasteiger partial charge on any atom is 0.204 e. The van der Waals surface area contributed by atoms with Crippen LogP contribution in [0.2, 0.25) is 0 Å². The molecule has 0 aliphatic rings. The minimum atomic E-state index is 0.119. The van der Waals surface area contributed by atoms with Crippen molar-refractivity contribution in [1.29, 1.82) is 0 Å². The number of aryl methyl sites for hydroxylation is 1. The molecule has 0 aliphatic heterocycles. The molecule has 0 amide bonds. The average molecular weight is 214 g/mol. The van der Waals surface area contributed by atoms with E-state index in [0.29, 0.717) is 6.54 Å². The van der Waals surface area contributed by atoms with Gasteiger partial charge in [0.15, 0.2) is 0 Å². The summed E-state index contributed by atoms with van der Waals surface area (Å²) in [5, 5.41) is 0.962. The predicted octanol–water partition coefficient (Wildman–Crippen LogP) is 1.27. The highest BCUT2D eigenvalue weighted by atomic mass is 32.1. The Bertz CT molecular complexity index is 295. The number of nitrogens with zero attached hydrogens (tertiary/aromatic N) is 3. The van der Waals surface area contributed by atoms with E-state index < -0.39 is 0 Å². The lowest BCUT2D eigenvalue weighted by atomic mass is 9.93. The molecule has 1 heterocycles. The first kappa shape index (κ1) is 11.4. The van der Waals surface area contributed by atoms with Gasteiger partial charge in [-0.2, -0.15) is 4.37 Å². The topological polar surface area (TPSA) is 55.0 Å². The lowest BCUT2D eigenvalue weighted by molar-refractivity contribution is 0.385. The summed E-state index contributed by atoms with van der Waals surface area (Å²) in [7, 11) is 2.03. The molecule has 1 aromatic heterocycles. The second-order valence-corrected chi connectivity index (χ2v) is 5.08. The summed E-state index contributed by atoms with van der Waals surface area (Å²) in [4.78, 5) is 6.43. The molecule has 0 bridgehead atoms. The number of aromatic nitrogens is 2. The quantitative estimate of drug-likeness (QED) is 0.820. The summed E-state index contributed by atoms with van der Waals surface area (Å²) in [6.45, 7) is 7.78. The molecule has 2 N–H and O–H groups in total. The molecule has 1 rings (SSSR count). The van der Waals surface area contributed by atoms with Gasteiger partial charge in [-0.05, 0) is 18.9 Å². The molecule has 0 unspecified atom stereocenters. The molecule has 0 fully saturated rings. The summed E-state index contributed by atoms with van der Waals surface area (Å²) < 4.78 is 4.15. The molecule has 0 radical (unpaired) electrons. The Morgan fingerprint density at radius 2 is 2.14 bits per heavy atom. The van der Waals surface area contributed by atoms with Gasteiger partial charge in [0, 0.05) is 25.1 Å². The molecular weight excluding hydrogens is 196 g/mol. The third-order valence-corrected chi connectivity index (χ3v) is 2.98. The Morgan fingerprint density at radius 1 is 1.50 bits per heavy atom. The third kappa shape index (κ3) is 2.92. The van der Waals surface area contributed by atoms with E-state index in [2.05, 4.69) is 28.1 Å². The van der Waals surface area contributed by atoms with E-state index in [1.807, 2.05) is 14.0 Å². The SMILES string of the molecule is Cc1nsc(N(C)CC(C)(C)CN)n1. The largest absolute Gasteiger partial charge is 0.349 e. The van der Waals surface area contributed by atoms with E-state index in [0.717, 1.165) is 17.5 Å². The molecule has 14 heavy (non-hydrogen) atoms. The van der Waals surface area contributed by atoms with Crippen molar-refractivity contribution in [2.45, 2.75) is 20.8 Å². The molecule has 5 heteroatoms. The van der Waals surface area contributed by atoms with Gasteiger partial charge in [0.1, 0.15) is 5.82 Å². The van der Waals surface area contributed by atoms with Crippen LogP contribution in [0, 0.1) is 12.3 Å². The van der Waals surface area contributed by atoms with Crippen molar-refractivity contribution >= 4 is 16.7 Å². The standard InChI is InChI=1S/C9H18N4S/c1-7-11-8(14-12-7)13(4)6-9(2,3)5-10/h5-6,10H2,1-4H3. The number of rotatable bonds is 4. The maximum absolute atomic E-state index is 5.68. The maximum atomic E-state index is 5.68. The minimum absolute atomic E-state index is 0.119. The van der Waals surface area contributed by atoms with E-state index >= 15 is 0 Å². The van der Waals surface area contributed by atoms with Crippen molar-refractivity contribution in [1.82, 2.24) is 9.36 Å². The Morgan fingerprint density at radius 3 is 2.57 bits per heavy atom. The number of nitrogens with two attached hydrogens (primary N) is 1. The van der Waals surface area contributed by atoms with Gasteiger partial charge in [0.05, 0.1) is 0 Å². The molecular formula is C9H18N4S. The van der Waals surface area contributed by atoms with Crippen LogP contribution in [-0.2, 0) is 0 Å². The van der Waals surface area contributed by atoms with E-state index in [-0.39, 0.29) is 5.41 Å². The minimum Gasteiger partial charge on any atom is -0.349 e. The highest BCUT2D eigenvalue weighted by Crippen LogP contribution is 2.21. The number of anilines is 1. The van der Waals surface area contributed by atoms with Crippen LogP contribution in [0.4, 0.5) is 5.13 Å². The van der Waals surface area contributed by atoms with Crippen molar-refractivity contribution in [3.63, 3.8) is 0 Å². The lowest BCUT2D eigenvalue weighted by Gasteiger charge is -2.28. The summed E-state index contributed by atoms with van der Waals surface area (Å²) in [5.74, 6) is 0.836. The molecule has 0 saturated heterocycles. The highest BCUT2D eigenvalue weighted by molar-refractivity contribution is 7.09. The molecule has 0 spiro atoms. The van der Waals surface area contributed by atoms with E-state index in [4.69, 9.17) is 5.73 Å².